The van der Waals surface area contributed by atoms with E-state index in [2.05, 4.69) is 28.5 Å². The molecule has 0 spiro atoms. The zero-order valence-electron chi connectivity index (χ0n) is 12.6. The van der Waals surface area contributed by atoms with Crippen LogP contribution >= 0.6 is 0 Å². The Hall–Kier alpha value is -1.55. The van der Waals surface area contributed by atoms with Crippen molar-refractivity contribution < 1.29 is 4.79 Å². The summed E-state index contributed by atoms with van der Waals surface area (Å²) >= 11 is 0. The maximum Gasteiger partial charge on any atom is 0.242 e. The van der Waals surface area contributed by atoms with Crippen LogP contribution in [0.25, 0.3) is 0 Å². The second-order valence-corrected chi connectivity index (χ2v) is 5.89. The first-order valence-electron chi connectivity index (χ1n) is 7.36. The largest absolute Gasteiger partial charge is 0.373 e. The molecule has 1 aliphatic rings. The highest BCUT2D eigenvalue weighted by Crippen LogP contribution is 2.24. The minimum atomic E-state index is -0.105. The minimum Gasteiger partial charge on any atom is -0.373 e. The number of para-hydroxylation sites is 1. The molecule has 0 aromatic heterocycles. The quantitative estimate of drug-likeness (QED) is 0.862. The molecule has 0 bridgehead atoms. The van der Waals surface area contributed by atoms with Gasteiger partial charge in [0.2, 0.25) is 5.91 Å². The Morgan fingerprint density at radius 3 is 2.95 bits per heavy atom. The smallest absolute Gasteiger partial charge is 0.242 e. The van der Waals surface area contributed by atoms with Gasteiger partial charge in [-0.2, -0.15) is 0 Å². The van der Waals surface area contributed by atoms with E-state index in [0.717, 1.165) is 31.5 Å². The molecule has 4 heteroatoms. The Labute approximate surface area is 121 Å². The zero-order chi connectivity index (χ0) is 14.5. The highest BCUT2D eigenvalue weighted by atomic mass is 16.2. The van der Waals surface area contributed by atoms with Gasteiger partial charge >= 0.3 is 0 Å². The lowest BCUT2D eigenvalue weighted by atomic mass is 9.97. The molecule has 4 nitrogen and oxygen atoms in total. The van der Waals surface area contributed by atoms with Gasteiger partial charge in [0.05, 0.1) is 0 Å². The van der Waals surface area contributed by atoms with E-state index in [0.29, 0.717) is 0 Å². The molecule has 0 radical (unpaired) electrons. The van der Waals surface area contributed by atoms with Gasteiger partial charge in [0.25, 0.3) is 0 Å². The average Bonchev–Trinajstić information content (AvgIpc) is 2.44. The first kappa shape index (κ1) is 14.9. The Morgan fingerprint density at radius 1 is 1.45 bits per heavy atom. The third kappa shape index (κ3) is 3.97. The number of amides is 1. The maximum absolute atomic E-state index is 12.3. The molecule has 1 amide bonds. The van der Waals surface area contributed by atoms with Crippen LogP contribution in [0.1, 0.15) is 25.3 Å². The molecule has 0 saturated heterocycles. The van der Waals surface area contributed by atoms with Crippen LogP contribution in [-0.2, 0) is 11.2 Å². The van der Waals surface area contributed by atoms with Gasteiger partial charge in [-0.05, 0) is 58.5 Å². The van der Waals surface area contributed by atoms with Gasteiger partial charge in [-0.1, -0.05) is 18.2 Å². The predicted octanol–water partition coefficient (Wildman–Crippen LogP) is 1.87. The molecule has 1 heterocycles. The number of carbonyl (C=O) groups is 1. The van der Waals surface area contributed by atoms with Crippen molar-refractivity contribution in [2.75, 3.05) is 26.0 Å². The lowest BCUT2D eigenvalue weighted by Gasteiger charge is -2.27. The van der Waals surface area contributed by atoms with E-state index >= 15 is 0 Å². The van der Waals surface area contributed by atoms with Gasteiger partial charge in [-0.15, -0.1) is 0 Å². The van der Waals surface area contributed by atoms with Crippen LogP contribution in [0, 0.1) is 0 Å². The minimum absolute atomic E-state index is 0.105. The Kier molecular flexibility index (Phi) is 5.01. The number of carbonyl (C=O) groups excluding carboxylic acids is 1. The molecule has 0 aliphatic carbocycles. The fourth-order valence-electron chi connectivity index (χ4n) is 2.50. The van der Waals surface area contributed by atoms with Crippen molar-refractivity contribution in [3.63, 3.8) is 0 Å². The summed E-state index contributed by atoms with van der Waals surface area (Å²) in [5, 5.41) is 6.45. The third-order valence-corrected chi connectivity index (χ3v) is 3.76. The van der Waals surface area contributed by atoms with Crippen molar-refractivity contribution in [3.05, 3.63) is 29.8 Å². The molecular weight excluding hydrogens is 250 g/mol. The molecule has 2 unspecified atom stereocenters. The van der Waals surface area contributed by atoms with E-state index in [4.69, 9.17) is 0 Å². The molecule has 110 valence electrons. The van der Waals surface area contributed by atoms with Crippen LogP contribution in [-0.4, -0.2) is 43.5 Å². The Morgan fingerprint density at radius 2 is 2.20 bits per heavy atom. The lowest BCUT2D eigenvalue weighted by Crippen LogP contribution is -2.45. The van der Waals surface area contributed by atoms with Gasteiger partial charge < -0.3 is 15.5 Å². The van der Waals surface area contributed by atoms with E-state index in [1.807, 2.05) is 32.3 Å². The summed E-state index contributed by atoms with van der Waals surface area (Å²) in [6, 6.07) is 8.33. The van der Waals surface area contributed by atoms with Gasteiger partial charge in [0.1, 0.15) is 6.04 Å². The molecular formula is C16H25N3O. The molecule has 1 aliphatic heterocycles. The molecule has 20 heavy (non-hydrogen) atoms. The number of anilines is 1. The fourth-order valence-corrected chi connectivity index (χ4v) is 2.50. The summed E-state index contributed by atoms with van der Waals surface area (Å²) in [4.78, 5) is 14.4. The summed E-state index contributed by atoms with van der Waals surface area (Å²) in [5.74, 6) is 0.116. The summed E-state index contributed by atoms with van der Waals surface area (Å²) in [6.45, 7) is 3.06. The third-order valence-electron chi connectivity index (χ3n) is 3.76. The van der Waals surface area contributed by atoms with Crippen LogP contribution in [0.2, 0.25) is 0 Å². The van der Waals surface area contributed by atoms with E-state index < -0.39 is 0 Å². The van der Waals surface area contributed by atoms with Gasteiger partial charge in [-0.3, -0.25) is 4.79 Å². The monoisotopic (exact) mass is 275 g/mol. The Bertz CT molecular complexity index is 459. The zero-order valence-corrected chi connectivity index (χ0v) is 12.6. The van der Waals surface area contributed by atoms with Crippen LogP contribution in [0.3, 0.4) is 0 Å². The fraction of sp³-hybridized carbons (Fsp3) is 0.562. The molecule has 2 N–H and O–H groups in total. The van der Waals surface area contributed by atoms with Crippen LogP contribution in [0.4, 0.5) is 5.69 Å². The number of benzene rings is 1. The maximum atomic E-state index is 12.3. The van der Waals surface area contributed by atoms with Crippen LogP contribution < -0.4 is 10.6 Å². The summed E-state index contributed by atoms with van der Waals surface area (Å²) < 4.78 is 0. The predicted molar refractivity (Wildman–Crippen MR) is 82.9 cm³/mol. The molecule has 1 aromatic carbocycles. The topological polar surface area (TPSA) is 44.4 Å². The molecule has 0 fully saturated rings. The summed E-state index contributed by atoms with van der Waals surface area (Å²) in [6.07, 6.45) is 2.80. The summed E-state index contributed by atoms with van der Waals surface area (Å²) in [5.41, 5.74) is 2.40. The van der Waals surface area contributed by atoms with Gasteiger partial charge in [-0.25, -0.2) is 0 Å². The summed E-state index contributed by atoms with van der Waals surface area (Å²) in [7, 11) is 4.10. The first-order valence-corrected chi connectivity index (χ1v) is 7.36. The number of aryl methyl sites for hydroxylation is 1. The van der Waals surface area contributed by atoms with Crippen molar-refractivity contribution in [2.45, 2.75) is 38.3 Å². The van der Waals surface area contributed by atoms with E-state index in [1.54, 1.807) is 0 Å². The standard InChI is InChI=1S/C16H25N3O/c1-12(10-11-19(2)3)17-16(20)15-9-8-13-6-4-5-7-14(13)18-15/h4-7,12,15,18H,8-11H2,1-3H3,(H,17,20). The number of hydrogen-bond acceptors (Lipinski definition) is 3. The second kappa shape index (κ2) is 6.75. The normalized spacial score (nSPS) is 19.1. The van der Waals surface area contributed by atoms with Gasteiger partial charge in [0.15, 0.2) is 0 Å². The van der Waals surface area contributed by atoms with Crippen LogP contribution in [0.15, 0.2) is 24.3 Å². The number of hydrogen-bond donors (Lipinski definition) is 2. The van der Waals surface area contributed by atoms with Gasteiger partial charge in [0, 0.05) is 11.7 Å². The highest BCUT2D eigenvalue weighted by Gasteiger charge is 2.24. The lowest BCUT2D eigenvalue weighted by molar-refractivity contribution is -0.122. The highest BCUT2D eigenvalue weighted by molar-refractivity contribution is 5.85. The first-order chi connectivity index (χ1) is 9.56. The van der Waals surface area contributed by atoms with Crippen molar-refractivity contribution in [1.29, 1.82) is 0 Å². The van der Waals surface area contributed by atoms with Crippen LogP contribution in [0.5, 0.6) is 0 Å². The van der Waals surface area contributed by atoms with Crippen molar-refractivity contribution in [2.24, 2.45) is 0 Å². The SMILES string of the molecule is CC(CCN(C)C)NC(=O)C1CCc2ccccc2N1. The number of nitrogens with zero attached hydrogens (tertiary/aromatic N) is 1. The number of rotatable bonds is 5. The van der Waals surface area contributed by atoms with E-state index in [9.17, 15) is 4.79 Å². The molecule has 2 atom stereocenters. The number of nitrogens with one attached hydrogen (secondary N) is 2. The Balaban J connectivity index is 1.85. The second-order valence-electron chi connectivity index (χ2n) is 5.89. The molecule has 0 saturated carbocycles. The van der Waals surface area contributed by atoms with Crippen molar-refractivity contribution in [3.8, 4) is 0 Å². The van der Waals surface area contributed by atoms with E-state index in [-0.39, 0.29) is 18.0 Å². The van der Waals surface area contributed by atoms with Crippen molar-refractivity contribution in [1.82, 2.24) is 10.2 Å². The van der Waals surface area contributed by atoms with Crippen molar-refractivity contribution >= 4 is 11.6 Å². The molecule has 1 aromatic rings. The average molecular weight is 275 g/mol. The molecule has 2 rings (SSSR count). The van der Waals surface area contributed by atoms with E-state index in [1.165, 1.54) is 5.56 Å². The number of fused-ring (bicyclic) bond motifs is 1.